The maximum absolute atomic E-state index is 13.0. The molecule has 0 aliphatic heterocycles. The van der Waals surface area contributed by atoms with Crippen LogP contribution < -0.4 is 5.32 Å². The summed E-state index contributed by atoms with van der Waals surface area (Å²) in [5.41, 5.74) is -1.18. The van der Waals surface area contributed by atoms with E-state index in [0.717, 1.165) is 19.3 Å². The Balaban J connectivity index is 2.32. The van der Waals surface area contributed by atoms with Crippen LogP contribution in [0.5, 0.6) is 0 Å². The van der Waals surface area contributed by atoms with E-state index in [1.54, 1.807) is 0 Å². The highest BCUT2D eigenvalue weighted by Crippen LogP contribution is 2.24. The van der Waals surface area contributed by atoms with E-state index >= 15 is 0 Å². The van der Waals surface area contributed by atoms with Crippen LogP contribution in [0.4, 0.5) is 14.5 Å². The van der Waals surface area contributed by atoms with Crippen LogP contribution in [-0.4, -0.2) is 16.9 Å². The van der Waals surface area contributed by atoms with E-state index in [9.17, 15) is 23.7 Å². The molecule has 1 fully saturated rings. The lowest BCUT2D eigenvalue weighted by molar-refractivity contribution is -0.385. The van der Waals surface area contributed by atoms with Gasteiger partial charge >= 0.3 is 0 Å². The summed E-state index contributed by atoms with van der Waals surface area (Å²) in [7, 11) is 0. The normalized spacial score (nSPS) is 15.0. The number of nitro groups is 1. The molecule has 0 heterocycles. The Kier molecular flexibility index (Phi) is 3.22. The number of halogens is 2. The first-order chi connectivity index (χ1) is 8.49. The van der Waals surface area contributed by atoms with Gasteiger partial charge in [0.1, 0.15) is 5.56 Å². The second-order valence-electron chi connectivity index (χ2n) is 4.14. The van der Waals surface area contributed by atoms with Gasteiger partial charge in [-0.15, -0.1) is 0 Å². The number of hydrogen-bond acceptors (Lipinski definition) is 3. The van der Waals surface area contributed by atoms with Crippen LogP contribution in [-0.2, 0) is 0 Å². The zero-order chi connectivity index (χ0) is 13.3. The summed E-state index contributed by atoms with van der Waals surface area (Å²) in [4.78, 5) is 21.5. The molecular formula is C11H10F2N2O3. The van der Waals surface area contributed by atoms with E-state index in [-0.39, 0.29) is 6.04 Å². The van der Waals surface area contributed by atoms with E-state index in [1.165, 1.54) is 0 Å². The van der Waals surface area contributed by atoms with E-state index in [2.05, 4.69) is 5.32 Å². The zero-order valence-electron chi connectivity index (χ0n) is 9.28. The largest absolute Gasteiger partial charge is 0.349 e. The monoisotopic (exact) mass is 256 g/mol. The van der Waals surface area contributed by atoms with Crippen molar-refractivity contribution < 1.29 is 18.5 Å². The van der Waals surface area contributed by atoms with Gasteiger partial charge in [0.2, 0.25) is 0 Å². The van der Waals surface area contributed by atoms with E-state index < -0.39 is 33.7 Å². The first-order valence-electron chi connectivity index (χ1n) is 5.43. The lowest BCUT2D eigenvalue weighted by Gasteiger charge is -2.26. The van der Waals surface area contributed by atoms with Crippen LogP contribution in [0, 0.1) is 21.7 Å². The van der Waals surface area contributed by atoms with Gasteiger partial charge in [0.15, 0.2) is 11.6 Å². The summed E-state index contributed by atoms with van der Waals surface area (Å²) in [5, 5.41) is 13.2. The number of rotatable bonds is 3. The predicted molar refractivity (Wildman–Crippen MR) is 58.1 cm³/mol. The molecule has 1 aromatic rings. The summed E-state index contributed by atoms with van der Waals surface area (Å²) in [5.74, 6) is -3.37. The topological polar surface area (TPSA) is 72.2 Å². The molecule has 0 aromatic heterocycles. The highest BCUT2D eigenvalue weighted by atomic mass is 19.2. The van der Waals surface area contributed by atoms with Crippen LogP contribution in [0.1, 0.15) is 29.6 Å². The van der Waals surface area contributed by atoms with Crippen molar-refractivity contribution in [3.8, 4) is 0 Å². The quantitative estimate of drug-likeness (QED) is 0.665. The number of carbonyl (C=O) groups excluding carboxylic acids is 1. The zero-order valence-corrected chi connectivity index (χ0v) is 9.28. The lowest BCUT2D eigenvalue weighted by Crippen LogP contribution is -2.39. The summed E-state index contributed by atoms with van der Waals surface area (Å²) in [6, 6.07) is 0.942. The summed E-state index contributed by atoms with van der Waals surface area (Å²) in [6.07, 6.45) is 2.57. The lowest BCUT2D eigenvalue weighted by atomic mass is 9.93. The third-order valence-electron chi connectivity index (χ3n) is 2.92. The highest BCUT2D eigenvalue weighted by molar-refractivity contribution is 5.98. The van der Waals surface area contributed by atoms with Crippen molar-refractivity contribution in [3.05, 3.63) is 39.4 Å². The number of benzene rings is 1. The van der Waals surface area contributed by atoms with Crippen LogP contribution >= 0.6 is 0 Å². The molecule has 0 bridgehead atoms. The Morgan fingerprint density at radius 2 is 1.94 bits per heavy atom. The first-order valence-corrected chi connectivity index (χ1v) is 5.43. The summed E-state index contributed by atoms with van der Waals surface area (Å²) < 4.78 is 26.0. The molecule has 1 aliphatic carbocycles. The molecule has 18 heavy (non-hydrogen) atoms. The minimum atomic E-state index is -1.35. The second kappa shape index (κ2) is 4.67. The molecule has 0 saturated heterocycles. The van der Waals surface area contributed by atoms with Gasteiger partial charge in [0.05, 0.1) is 11.0 Å². The van der Waals surface area contributed by atoms with Gasteiger partial charge in [-0.2, -0.15) is 0 Å². The molecule has 0 spiro atoms. The molecule has 1 saturated carbocycles. The fourth-order valence-corrected chi connectivity index (χ4v) is 1.68. The van der Waals surface area contributed by atoms with Crippen molar-refractivity contribution in [2.24, 2.45) is 0 Å². The van der Waals surface area contributed by atoms with Gasteiger partial charge < -0.3 is 5.32 Å². The van der Waals surface area contributed by atoms with Crippen LogP contribution in [0.25, 0.3) is 0 Å². The van der Waals surface area contributed by atoms with Crippen molar-refractivity contribution in [1.29, 1.82) is 0 Å². The average Bonchev–Trinajstić information content (AvgIpc) is 2.26. The Morgan fingerprint density at radius 1 is 1.33 bits per heavy atom. The molecule has 7 heteroatoms. The van der Waals surface area contributed by atoms with Crippen molar-refractivity contribution in [3.63, 3.8) is 0 Å². The Labute approximate surface area is 101 Å². The maximum Gasteiger partial charge on any atom is 0.285 e. The standard InChI is InChI=1S/C11H10F2N2O3/c12-8-4-7(10(15(17)18)5-9(8)13)11(16)14-6-2-1-3-6/h4-6H,1-3H2,(H,14,16). The van der Waals surface area contributed by atoms with Crippen molar-refractivity contribution >= 4 is 11.6 Å². The fourth-order valence-electron chi connectivity index (χ4n) is 1.68. The van der Waals surface area contributed by atoms with Crippen LogP contribution in [0.3, 0.4) is 0 Å². The summed E-state index contributed by atoms with van der Waals surface area (Å²) >= 11 is 0. The fraction of sp³-hybridized carbons (Fsp3) is 0.364. The Morgan fingerprint density at radius 3 is 2.44 bits per heavy atom. The molecule has 5 nitrogen and oxygen atoms in total. The minimum absolute atomic E-state index is 0.0368. The number of nitro benzene ring substituents is 1. The van der Waals surface area contributed by atoms with E-state index in [4.69, 9.17) is 0 Å². The number of amides is 1. The van der Waals surface area contributed by atoms with Crippen LogP contribution in [0.2, 0.25) is 0 Å². The second-order valence-corrected chi connectivity index (χ2v) is 4.14. The molecule has 1 aromatic carbocycles. The molecule has 1 amide bonds. The molecule has 0 unspecified atom stereocenters. The minimum Gasteiger partial charge on any atom is -0.349 e. The summed E-state index contributed by atoms with van der Waals surface area (Å²) in [6.45, 7) is 0. The van der Waals surface area contributed by atoms with Gasteiger partial charge in [0.25, 0.3) is 11.6 Å². The Hall–Kier alpha value is -2.05. The molecule has 2 rings (SSSR count). The molecule has 0 radical (unpaired) electrons. The third kappa shape index (κ3) is 2.29. The molecule has 1 aliphatic rings. The molecule has 96 valence electrons. The third-order valence-corrected chi connectivity index (χ3v) is 2.92. The van der Waals surface area contributed by atoms with E-state index in [1.807, 2.05) is 0 Å². The van der Waals surface area contributed by atoms with Gasteiger partial charge in [0, 0.05) is 6.04 Å². The SMILES string of the molecule is O=C(NC1CCC1)c1cc(F)c(F)cc1[N+](=O)[O-]. The number of hydrogen-bond donors (Lipinski definition) is 1. The number of carbonyl (C=O) groups is 1. The number of nitrogens with zero attached hydrogens (tertiary/aromatic N) is 1. The van der Waals surface area contributed by atoms with Crippen molar-refractivity contribution in [1.82, 2.24) is 5.32 Å². The van der Waals surface area contributed by atoms with Crippen molar-refractivity contribution in [2.45, 2.75) is 25.3 Å². The smallest absolute Gasteiger partial charge is 0.285 e. The highest BCUT2D eigenvalue weighted by Gasteiger charge is 2.27. The predicted octanol–water partition coefficient (Wildman–Crippen LogP) is 2.16. The van der Waals surface area contributed by atoms with Crippen LogP contribution in [0.15, 0.2) is 12.1 Å². The first kappa shape index (κ1) is 12.4. The average molecular weight is 256 g/mol. The Bertz CT molecular complexity index is 515. The number of nitrogens with one attached hydrogen (secondary N) is 1. The molecular weight excluding hydrogens is 246 g/mol. The van der Waals surface area contributed by atoms with Gasteiger partial charge in [-0.3, -0.25) is 14.9 Å². The van der Waals surface area contributed by atoms with E-state index in [0.29, 0.717) is 12.1 Å². The van der Waals surface area contributed by atoms with Gasteiger partial charge in [-0.05, 0) is 25.3 Å². The van der Waals surface area contributed by atoms with Gasteiger partial charge in [-0.25, -0.2) is 8.78 Å². The molecule has 1 N–H and O–H groups in total. The van der Waals surface area contributed by atoms with Crippen molar-refractivity contribution in [2.75, 3.05) is 0 Å². The molecule has 0 atom stereocenters. The van der Waals surface area contributed by atoms with Gasteiger partial charge in [-0.1, -0.05) is 0 Å². The maximum atomic E-state index is 13.0.